The van der Waals surface area contributed by atoms with E-state index < -0.39 is 0 Å². The second-order valence-corrected chi connectivity index (χ2v) is 7.78. The predicted molar refractivity (Wildman–Crippen MR) is 103 cm³/mol. The minimum absolute atomic E-state index is 0.146. The zero-order valence-corrected chi connectivity index (χ0v) is 16.0. The first-order valence-electron chi connectivity index (χ1n) is 8.47. The van der Waals surface area contributed by atoms with Crippen LogP contribution in [0, 0.1) is 0 Å². The third kappa shape index (κ3) is 3.65. The molecule has 0 aromatic carbocycles. The molecule has 3 aromatic rings. The number of aromatic nitrogens is 4. The van der Waals surface area contributed by atoms with Crippen molar-refractivity contribution in [2.45, 2.75) is 46.1 Å². The number of anilines is 1. The van der Waals surface area contributed by atoms with Gasteiger partial charge in [-0.3, -0.25) is 9.59 Å². The van der Waals surface area contributed by atoms with Crippen molar-refractivity contribution in [3.63, 3.8) is 0 Å². The highest BCUT2D eigenvalue weighted by atomic mass is 32.1. The maximum Gasteiger partial charge on any atom is 0.276 e. The molecular weight excluding hydrogens is 350 g/mol. The van der Waals surface area contributed by atoms with Crippen LogP contribution < -0.4 is 10.9 Å². The van der Waals surface area contributed by atoms with Crippen LogP contribution in [0.3, 0.4) is 0 Å². The molecule has 0 fully saturated rings. The summed E-state index contributed by atoms with van der Waals surface area (Å²) in [6, 6.07) is 3.52. The molecule has 0 aliphatic heterocycles. The average Bonchev–Trinajstić information content (AvgIpc) is 3.04. The molecule has 3 heterocycles. The van der Waals surface area contributed by atoms with Crippen LogP contribution in [0.15, 0.2) is 29.5 Å². The van der Waals surface area contributed by atoms with Crippen LogP contribution in [-0.2, 0) is 11.3 Å². The molecule has 3 rings (SSSR count). The van der Waals surface area contributed by atoms with Crippen LogP contribution in [0.1, 0.15) is 50.1 Å². The summed E-state index contributed by atoms with van der Waals surface area (Å²) in [5.41, 5.74) is 0.594. The molecule has 0 unspecified atom stereocenters. The van der Waals surface area contributed by atoms with Gasteiger partial charge in [0.2, 0.25) is 5.91 Å². The smallest absolute Gasteiger partial charge is 0.276 e. The number of carbonyl (C=O) groups is 1. The van der Waals surface area contributed by atoms with Crippen LogP contribution in [0.2, 0.25) is 0 Å². The van der Waals surface area contributed by atoms with E-state index in [4.69, 9.17) is 0 Å². The fraction of sp³-hybridized carbons (Fsp3) is 0.389. The predicted octanol–water partition coefficient (Wildman–Crippen LogP) is 3.13. The highest BCUT2D eigenvalue weighted by Crippen LogP contribution is 2.33. The lowest BCUT2D eigenvalue weighted by atomic mass is 10.1. The van der Waals surface area contributed by atoms with Gasteiger partial charge < -0.3 is 5.32 Å². The van der Waals surface area contributed by atoms with Crippen LogP contribution >= 0.6 is 11.3 Å². The van der Waals surface area contributed by atoms with E-state index in [1.54, 1.807) is 17.4 Å². The molecule has 1 N–H and O–H groups in total. The highest BCUT2D eigenvalue weighted by molar-refractivity contribution is 7.19. The van der Waals surface area contributed by atoms with Crippen LogP contribution in [0.5, 0.6) is 0 Å². The monoisotopic (exact) mass is 371 g/mol. The van der Waals surface area contributed by atoms with Gasteiger partial charge in [0.1, 0.15) is 18.7 Å². The second kappa shape index (κ2) is 7.33. The van der Waals surface area contributed by atoms with Crippen molar-refractivity contribution in [1.29, 1.82) is 0 Å². The first kappa shape index (κ1) is 18.2. The van der Waals surface area contributed by atoms with E-state index in [0.29, 0.717) is 17.1 Å². The van der Waals surface area contributed by atoms with E-state index in [2.05, 4.69) is 34.2 Å². The number of thiophene rings is 1. The third-order valence-electron chi connectivity index (χ3n) is 3.94. The van der Waals surface area contributed by atoms with Gasteiger partial charge in [0.25, 0.3) is 5.56 Å². The van der Waals surface area contributed by atoms with Crippen molar-refractivity contribution in [2.75, 3.05) is 5.32 Å². The Balaban J connectivity index is 1.99. The molecule has 0 bridgehead atoms. The largest absolute Gasteiger partial charge is 0.309 e. The maximum atomic E-state index is 12.8. The van der Waals surface area contributed by atoms with Crippen molar-refractivity contribution < 1.29 is 4.79 Å². The highest BCUT2D eigenvalue weighted by Gasteiger charge is 2.19. The van der Waals surface area contributed by atoms with Crippen LogP contribution in [-0.4, -0.2) is 25.7 Å². The quantitative estimate of drug-likeness (QED) is 0.744. The normalized spacial score (nSPS) is 11.5. The van der Waals surface area contributed by atoms with Gasteiger partial charge in [0.15, 0.2) is 0 Å². The standard InChI is InChI=1S/C18H21N5O2S/c1-10(2)13-7-12-17(26-13)16(11(3)4)22-23(18(12)25)8-15(24)21-14-5-6-19-9-20-14/h5-7,9-11H,8H2,1-4H3,(H,19,20,21,24). The maximum absolute atomic E-state index is 12.8. The van der Waals surface area contributed by atoms with E-state index in [1.807, 2.05) is 19.9 Å². The Kier molecular flexibility index (Phi) is 5.13. The van der Waals surface area contributed by atoms with Gasteiger partial charge >= 0.3 is 0 Å². The Hall–Kier alpha value is -2.61. The number of hydrogen-bond donors (Lipinski definition) is 1. The Morgan fingerprint density at radius 2 is 2.04 bits per heavy atom. The van der Waals surface area contributed by atoms with E-state index in [0.717, 1.165) is 15.3 Å². The summed E-state index contributed by atoms with van der Waals surface area (Å²) in [5, 5.41) is 7.76. The molecule has 1 amide bonds. The summed E-state index contributed by atoms with van der Waals surface area (Å²) < 4.78 is 2.16. The summed E-state index contributed by atoms with van der Waals surface area (Å²) in [5.74, 6) is 0.516. The van der Waals surface area contributed by atoms with Gasteiger partial charge in [-0.05, 0) is 24.0 Å². The number of nitrogens with zero attached hydrogens (tertiary/aromatic N) is 4. The fourth-order valence-electron chi connectivity index (χ4n) is 2.57. The van der Waals surface area contributed by atoms with Gasteiger partial charge in [-0.25, -0.2) is 14.6 Å². The molecule has 136 valence electrons. The molecule has 0 radical (unpaired) electrons. The average molecular weight is 371 g/mol. The van der Waals surface area contributed by atoms with E-state index in [1.165, 1.54) is 17.2 Å². The van der Waals surface area contributed by atoms with Gasteiger partial charge in [0.05, 0.1) is 15.8 Å². The summed E-state index contributed by atoms with van der Waals surface area (Å²) in [6.45, 7) is 8.10. The first-order chi connectivity index (χ1) is 12.4. The molecule has 8 heteroatoms. The van der Waals surface area contributed by atoms with Gasteiger partial charge in [0, 0.05) is 11.1 Å². The Morgan fingerprint density at radius 1 is 1.27 bits per heavy atom. The number of hydrogen-bond acceptors (Lipinski definition) is 6. The van der Waals surface area contributed by atoms with E-state index in [9.17, 15) is 9.59 Å². The lowest BCUT2D eigenvalue weighted by Crippen LogP contribution is -2.30. The second-order valence-electron chi connectivity index (χ2n) is 6.69. The molecule has 0 aliphatic carbocycles. The molecule has 3 aromatic heterocycles. The first-order valence-corrected chi connectivity index (χ1v) is 9.28. The zero-order chi connectivity index (χ0) is 18.8. The van der Waals surface area contributed by atoms with Crippen molar-refractivity contribution in [3.05, 3.63) is 45.6 Å². The van der Waals surface area contributed by atoms with Gasteiger partial charge in [-0.1, -0.05) is 27.7 Å². The third-order valence-corrected chi connectivity index (χ3v) is 5.39. The van der Waals surface area contributed by atoms with E-state index in [-0.39, 0.29) is 23.9 Å². The number of fused-ring (bicyclic) bond motifs is 1. The SMILES string of the molecule is CC(C)c1cc2c(=O)n(CC(=O)Nc3ccncn3)nc(C(C)C)c2s1. The Bertz CT molecular complexity index is 992. The molecule has 0 atom stereocenters. The van der Waals surface area contributed by atoms with Crippen LogP contribution in [0.4, 0.5) is 5.82 Å². The van der Waals surface area contributed by atoms with Crippen molar-refractivity contribution in [1.82, 2.24) is 19.7 Å². The summed E-state index contributed by atoms with van der Waals surface area (Å²) in [4.78, 5) is 34.0. The zero-order valence-electron chi connectivity index (χ0n) is 15.2. The van der Waals surface area contributed by atoms with Gasteiger partial charge in [-0.15, -0.1) is 11.3 Å². The number of rotatable bonds is 5. The molecule has 7 nitrogen and oxygen atoms in total. The number of carbonyl (C=O) groups excluding carboxylic acids is 1. The minimum atomic E-state index is -0.355. The molecule has 0 saturated heterocycles. The molecular formula is C18H21N5O2S. The van der Waals surface area contributed by atoms with Crippen molar-refractivity contribution in [2.24, 2.45) is 0 Å². The molecule has 26 heavy (non-hydrogen) atoms. The molecule has 0 saturated carbocycles. The molecule has 0 spiro atoms. The number of amides is 1. The summed E-state index contributed by atoms with van der Waals surface area (Å²) in [7, 11) is 0. The number of nitrogens with one attached hydrogen (secondary N) is 1. The van der Waals surface area contributed by atoms with E-state index >= 15 is 0 Å². The molecule has 0 aliphatic rings. The van der Waals surface area contributed by atoms with Gasteiger partial charge in [-0.2, -0.15) is 5.10 Å². The fourth-order valence-corrected chi connectivity index (χ4v) is 3.86. The topological polar surface area (TPSA) is 89.8 Å². The minimum Gasteiger partial charge on any atom is -0.309 e. The van der Waals surface area contributed by atoms with Crippen molar-refractivity contribution in [3.8, 4) is 0 Å². The van der Waals surface area contributed by atoms with Crippen molar-refractivity contribution >= 4 is 33.1 Å². The Morgan fingerprint density at radius 3 is 2.65 bits per heavy atom. The Labute approximate surface area is 155 Å². The summed E-state index contributed by atoms with van der Waals surface area (Å²) in [6.07, 6.45) is 2.89. The lowest BCUT2D eigenvalue weighted by molar-refractivity contribution is -0.117. The summed E-state index contributed by atoms with van der Waals surface area (Å²) >= 11 is 1.61. The van der Waals surface area contributed by atoms with Crippen LogP contribution in [0.25, 0.3) is 10.1 Å². The lowest BCUT2D eigenvalue weighted by Gasteiger charge is -2.11.